The number of hydrogen-bond donors (Lipinski definition) is 1. The third kappa shape index (κ3) is 3.19. The maximum absolute atomic E-state index is 13.1. The van der Waals surface area contributed by atoms with E-state index in [2.05, 4.69) is 29.8 Å². The normalized spacial score (nSPS) is 18.6. The van der Waals surface area contributed by atoms with E-state index in [9.17, 15) is 4.39 Å². The van der Waals surface area contributed by atoms with Crippen molar-refractivity contribution in [1.82, 2.24) is 5.32 Å². The second-order valence-electron chi connectivity index (χ2n) is 5.29. The van der Waals surface area contributed by atoms with Crippen LogP contribution >= 0.6 is 11.3 Å². The Kier molecular flexibility index (Phi) is 4.03. The molecule has 2 nitrogen and oxygen atoms in total. The second-order valence-corrected chi connectivity index (χ2v) is 6.32. The fraction of sp³-hybridized carbons (Fsp3) is 0.375. The minimum Gasteiger partial charge on any atom is -0.488 e. The van der Waals surface area contributed by atoms with Crippen molar-refractivity contribution >= 4 is 11.3 Å². The quantitative estimate of drug-likeness (QED) is 0.911. The molecule has 2 unspecified atom stereocenters. The lowest BCUT2D eigenvalue weighted by molar-refractivity contribution is 0.222. The summed E-state index contributed by atoms with van der Waals surface area (Å²) in [5.41, 5.74) is 0.975. The molecule has 1 aliphatic heterocycles. The van der Waals surface area contributed by atoms with Gasteiger partial charge in [0.2, 0.25) is 0 Å². The molecule has 2 heterocycles. The average molecular weight is 291 g/mol. The van der Waals surface area contributed by atoms with Gasteiger partial charge in [0.05, 0.1) is 0 Å². The van der Waals surface area contributed by atoms with E-state index in [1.165, 1.54) is 10.9 Å². The van der Waals surface area contributed by atoms with Gasteiger partial charge in [-0.3, -0.25) is 0 Å². The SMILES string of the molecule is CC(Cc1cccs1)NCC1Cc2cc(F)ccc2O1. The zero-order valence-electron chi connectivity index (χ0n) is 11.4. The van der Waals surface area contributed by atoms with Crippen LogP contribution in [0.1, 0.15) is 17.4 Å². The van der Waals surface area contributed by atoms with Gasteiger partial charge < -0.3 is 10.1 Å². The minimum atomic E-state index is -0.188. The number of halogens is 1. The van der Waals surface area contributed by atoms with Gasteiger partial charge in [0, 0.05) is 29.4 Å². The van der Waals surface area contributed by atoms with Crippen LogP contribution in [0.15, 0.2) is 35.7 Å². The predicted molar refractivity (Wildman–Crippen MR) is 80.0 cm³/mol. The summed E-state index contributed by atoms with van der Waals surface area (Å²) in [6, 6.07) is 9.40. The zero-order valence-corrected chi connectivity index (χ0v) is 12.3. The highest BCUT2D eigenvalue weighted by molar-refractivity contribution is 7.09. The van der Waals surface area contributed by atoms with Crippen LogP contribution in [0.3, 0.4) is 0 Å². The van der Waals surface area contributed by atoms with E-state index in [-0.39, 0.29) is 11.9 Å². The van der Waals surface area contributed by atoms with Crippen molar-refractivity contribution in [3.05, 3.63) is 52.0 Å². The number of fused-ring (bicyclic) bond motifs is 1. The van der Waals surface area contributed by atoms with Crippen LogP contribution in [0.4, 0.5) is 4.39 Å². The third-order valence-electron chi connectivity index (χ3n) is 3.55. The van der Waals surface area contributed by atoms with Crippen molar-refractivity contribution < 1.29 is 9.13 Å². The molecule has 20 heavy (non-hydrogen) atoms. The average Bonchev–Trinajstić information content (AvgIpc) is 3.04. The van der Waals surface area contributed by atoms with Crippen molar-refractivity contribution in [2.45, 2.75) is 31.9 Å². The summed E-state index contributed by atoms with van der Waals surface area (Å²) in [6.07, 6.45) is 1.93. The Morgan fingerprint density at radius 3 is 3.15 bits per heavy atom. The van der Waals surface area contributed by atoms with Gasteiger partial charge in [0.1, 0.15) is 17.7 Å². The highest BCUT2D eigenvalue weighted by Gasteiger charge is 2.23. The van der Waals surface area contributed by atoms with Gasteiger partial charge in [-0.15, -0.1) is 11.3 Å². The molecule has 0 spiro atoms. The predicted octanol–water partition coefficient (Wildman–Crippen LogP) is 3.41. The van der Waals surface area contributed by atoms with Crippen molar-refractivity contribution in [1.29, 1.82) is 0 Å². The minimum absolute atomic E-state index is 0.109. The summed E-state index contributed by atoms with van der Waals surface area (Å²) in [4.78, 5) is 1.39. The molecular weight excluding hydrogens is 273 g/mol. The van der Waals surface area contributed by atoms with E-state index in [0.717, 1.165) is 30.7 Å². The van der Waals surface area contributed by atoms with Crippen molar-refractivity contribution in [3.63, 3.8) is 0 Å². The number of ether oxygens (including phenoxy) is 1. The highest BCUT2D eigenvalue weighted by atomic mass is 32.1. The Labute approximate surface area is 122 Å². The summed E-state index contributed by atoms with van der Waals surface area (Å²) in [5, 5.41) is 5.60. The van der Waals surface area contributed by atoms with Crippen LogP contribution in [-0.4, -0.2) is 18.7 Å². The lowest BCUT2D eigenvalue weighted by atomic mass is 10.1. The van der Waals surface area contributed by atoms with Gasteiger partial charge in [-0.1, -0.05) is 6.07 Å². The lowest BCUT2D eigenvalue weighted by Gasteiger charge is -2.16. The molecule has 4 heteroatoms. The van der Waals surface area contributed by atoms with Gasteiger partial charge in [-0.2, -0.15) is 0 Å². The van der Waals surface area contributed by atoms with Gasteiger partial charge in [-0.05, 0) is 43.0 Å². The van der Waals surface area contributed by atoms with Crippen LogP contribution in [-0.2, 0) is 12.8 Å². The Hall–Kier alpha value is -1.39. The molecule has 1 N–H and O–H groups in total. The van der Waals surface area contributed by atoms with Crippen molar-refractivity contribution in [3.8, 4) is 5.75 Å². The molecule has 0 fully saturated rings. The van der Waals surface area contributed by atoms with Crippen LogP contribution < -0.4 is 10.1 Å². The van der Waals surface area contributed by atoms with Crippen molar-refractivity contribution in [2.24, 2.45) is 0 Å². The van der Waals surface area contributed by atoms with E-state index < -0.39 is 0 Å². The van der Waals surface area contributed by atoms with Crippen LogP contribution in [0.2, 0.25) is 0 Å². The molecule has 1 aromatic heterocycles. The summed E-state index contributed by atoms with van der Waals surface area (Å²) < 4.78 is 19.0. The first kappa shape index (κ1) is 13.6. The molecule has 1 aliphatic rings. The lowest BCUT2D eigenvalue weighted by Crippen LogP contribution is -2.36. The molecule has 2 aromatic rings. The number of rotatable bonds is 5. The Balaban J connectivity index is 1.48. The molecule has 0 aliphatic carbocycles. The zero-order chi connectivity index (χ0) is 13.9. The first-order valence-corrected chi connectivity index (χ1v) is 7.79. The van der Waals surface area contributed by atoms with E-state index in [0.29, 0.717) is 6.04 Å². The molecule has 0 saturated heterocycles. The molecule has 1 aromatic carbocycles. The number of nitrogens with one attached hydrogen (secondary N) is 1. The van der Waals surface area contributed by atoms with Gasteiger partial charge in [-0.25, -0.2) is 4.39 Å². The molecule has 0 saturated carbocycles. The Bertz CT molecular complexity index is 570. The highest BCUT2D eigenvalue weighted by Crippen LogP contribution is 2.29. The molecule has 0 bridgehead atoms. The molecule has 0 radical (unpaired) electrons. The first-order valence-electron chi connectivity index (χ1n) is 6.91. The summed E-state index contributed by atoms with van der Waals surface area (Å²) in [7, 11) is 0. The maximum Gasteiger partial charge on any atom is 0.123 e. The Morgan fingerprint density at radius 1 is 1.45 bits per heavy atom. The monoisotopic (exact) mass is 291 g/mol. The standard InChI is InChI=1S/C16H18FNOS/c1-11(7-15-3-2-6-20-15)18-10-14-9-12-8-13(17)4-5-16(12)19-14/h2-6,8,11,14,18H,7,9-10H2,1H3. The molecular formula is C16H18FNOS. The maximum atomic E-state index is 13.1. The second kappa shape index (κ2) is 5.94. The molecule has 3 rings (SSSR count). The van der Waals surface area contributed by atoms with Crippen LogP contribution in [0.25, 0.3) is 0 Å². The Morgan fingerprint density at radius 2 is 2.35 bits per heavy atom. The van der Waals surface area contributed by atoms with Crippen LogP contribution in [0, 0.1) is 5.82 Å². The first-order chi connectivity index (χ1) is 9.70. The van der Waals surface area contributed by atoms with Crippen molar-refractivity contribution in [2.75, 3.05) is 6.54 Å². The fourth-order valence-corrected chi connectivity index (χ4v) is 3.37. The van der Waals surface area contributed by atoms with E-state index in [4.69, 9.17) is 4.74 Å². The molecule has 106 valence electrons. The number of benzene rings is 1. The van der Waals surface area contributed by atoms with Crippen LogP contribution in [0.5, 0.6) is 5.75 Å². The number of thiophene rings is 1. The fourth-order valence-electron chi connectivity index (χ4n) is 2.54. The summed E-state index contributed by atoms with van der Waals surface area (Å²) in [5.74, 6) is 0.635. The summed E-state index contributed by atoms with van der Waals surface area (Å²) in [6.45, 7) is 2.98. The summed E-state index contributed by atoms with van der Waals surface area (Å²) >= 11 is 1.79. The van der Waals surface area contributed by atoms with E-state index in [1.54, 1.807) is 23.5 Å². The third-order valence-corrected chi connectivity index (χ3v) is 4.44. The largest absolute Gasteiger partial charge is 0.488 e. The smallest absolute Gasteiger partial charge is 0.123 e. The molecule has 2 atom stereocenters. The van der Waals surface area contributed by atoms with E-state index in [1.807, 2.05) is 0 Å². The van der Waals surface area contributed by atoms with Gasteiger partial charge >= 0.3 is 0 Å². The van der Waals surface area contributed by atoms with Gasteiger partial charge in [0.15, 0.2) is 0 Å². The van der Waals surface area contributed by atoms with E-state index >= 15 is 0 Å². The number of hydrogen-bond acceptors (Lipinski definition) is 3. The molecule has 0 amide bonds. The topological polar surface area (TPSA) is 21.3 Å². The van der Waals surface area contributed by atoms with Gasteiger partial charge in [0.25, 0.3) is 0 Å².